The Hall–Kier alpha value is -0.831. The van der Waals surface area contributed by atoms with Crippen LogP contribution in [-0.4, -0.2) is 28.6 Å². The Balaban J connectivity index is 0.000000567. The van der Waals surface area contributed by atoms with Gasteiger partial charge in [0.25, 0.3) is 0 Å². The first-order valence-corrected chi connectivity index (χ1v) is 9.15. The van der Waals surface area contributed by atoms with Crippen LogP contribution in [0.15, 0.2) is 23.2 Å². The molecule has 2 aliphatic carbocycles. The Labute approximate surface area is 182 Å². The third-order valence-corrected chi connectivity index (χ3v) is 4.51. The molecule has 28 heavy (non-hydrogen) atoms. The molecule has 0 saturated heterocycles. The van der Waals surface area contributed by atoms with Crippen molar-refractivity contribution in [1.29, 1.82) is 0 Å². The number of aromatic hydroxyl groups is 1. The quantitative estimate of drug-likeness (QED) is 0.565. The summed E-state index contributed by atoms with van der Waals surface area (Å²) in [7, 11) is 0. The summed E-state index contributed by atoms with van der Waals surface area (Å²) in [6, 6.07) is 5.67. The van der Waals surface area contributed by atoms with E-state index >= 15 is 0 Å². The number of hydrogen-bond donors (Lipinski definition) is 2. The van der Waals surface area contributed by atoms with Crippen molar-refractivity contribution in [2.45, 2.75) is 38.6 Å². The molecule has 3 nitrogen and oxygen atoms in total. The summed E-state index contributed by atoms with van der Waals surface area (Å²) in [4.78, 5) is 4.54. The molecule has 2 saturated carbocycles. The van der Waals surface area contributed by atoms with Crippen LogP contribution in [0.25, 0.3) is 0 Å². The van der Waals surface area contributed by atoms with Crippen LogP contribution in [0, 0.1) is 63.7 Å². The van der Waals surface area contributed by atoms with Gasteiger partial charge in [-0.25, -0.2) is 0 Å². The number of aliphatic imine (C=N–C) groups is 1. The number of para-hydroxylation sites is 1. The van der Waals surface area contributed by atoms with Crippen LogP contribution >= 0.6 is 0 Å². The topological polar surface area (TPSA) is 52.8 Å². The zero-order chi connectivity index (χ0) is 19.9. The first kappa shape index (κ1) is 25.2. The Morgan fingerprint density at radius 2 is 1.43 bits per heavy atom. The minimum Gasteiger partial charge on any atom is -0.507 e. The first-order valence-electron chi connectivity index (χ1n) is 9.15. The number of benzene rings is 1. The number of aliphatic hydroxyl groups excluding tert-OH is 1. The van der Waals surface area contributed by atoms with E-state index in [0.717, 1.165) is 11.5 Å². The molecule has 0 unspecified atom stereocenters. The Kier molecular flexibility index (Phi) is 10.2. The molecular weight excluding hydrogens is 390 g/mol. The van der Waals surface area contributed by atoms with Crippen molar-refractivity contribution in [2.24, 2.45) is 4.99 Å². The van der Waals surface area contributed by atoms with Crippen molar-refractivity contribution in [3.63, 3.8) is 0 Å². The van der Waals surface area contributed by atoms with Crippen LogP contribution in [0.2, 0.25) is 0 Å². The van der Waals surface area contributed by atoms with Gasteiger partial charge in [-0.1, -0.05) is 32.9 Å². The van der Waals surface area contributed by atoms with Crippen LogP contribution in [0.3, 0.4) is 0 Å². The van der Waals surface area contributed by atoms with Crippen molar-refractivity contribution in [3.8, 4) is 5.75 Å². The number of nitrogens with zero attached hydrogens (tertiary/aromatic N) is 1. The molecule has 0 amide bonds. The molecule has 148 valence electrons. The van der Waals surface area contributed by atoms with E-state index in [1.165, 1.54) is 0 Å². The molecule has 3 rings (SSSR count). The van der Waals surface area contributed by atoms with E-state index in [-0.39, 0.29) is 34.8 Å². The van der Waals surface area contributed by atoms with E-state index < -0.39 is 5.54 Å². The molecule has 0 aliphatic heterocycles. The van der Waals surface area contributed by atoms with Gasteiger partial charge in [0.1, 0.15) is 5.75 Å². The van der Waals surface area contributed by atoms with Gasteiger partial charge in [0.05, 0.1) is 12.1 Å². The number of rotatable bonds is 4. The summed E-state index contributed by atoms with van der Waals surface area (Å²) >= 11 is 0. The summed E-state index contributed by atoms with van der Waals surface area (Å²) in [6.45, 7) is 7.97. The van der Waals surface area contributed by atoms with Crippen molar-refractivity contribution in [3.05, 3.63) is 93.0 Å². The van der Waals surface area contributed by atoms with Gasteiger partial charge in [-0.15, -0.1) is 0 Å². The average Bonchev–Trinajstić information content (AvgIpc) is 3.35. The van der Waals surface area contributed by atoms with Gasteiger partial charge >= 0.3 is 17.1 Å². The van der Waals surface area contributed by atoms with Gasteiger partial charge in [-0.05, 0) is 81.8 Å². The number of hydrogen-bond acceptors (Lipinski definition) is 3. The molecule has 0 heterocycles. The number of aliphatic hydroxyl groups is 1. The van der Waals surface area contributed by atoms with Gasteiger partial charge in [0, 0.05) is 17.7 Å². The maximum Gasteiger partial charge on any atom is 2.00 e. The second kappa shape index (κ2) is 11.4. The second-order valence-corrected chi connectivity index (χ2v) is 7.82. The van der Waals surface area contributed by atoms with Crippen molar-refractivity contribution in [1.82, 2.24) is 0 Å². The van der Waals surface area contributed by atoms with E-state index in [9.17, 15) is 10.2 Å². The molecule has 4 heteroatoms. The standard InChI is InChI=1S/C19H24NO2.C5H5.Fe/c1-18(2,3)16-11-7-8-14(17(16)22)12-20-19(4,13-21)15-9-5-6-10-15;1-2-4-5-3-1;/h5-12,21-22H,13H2,1-4H3;1-5H;/q;;+2/t19-;;/m0../s1. The Bertz CT molecular complexity index is 606. The maximum atomic E-state index is 10.5. The van der Waals surface area contributed by atoms with E-state index in [2.05, 4.69) is 25.8 Å². The summed E-state index contributed by atoms with van der Waals surface area (Å²) in [5.41, 5.74) is 0.710. The first-order chi connectivity index (χ1) is 12.8. The third-order valence-electron chi connectivity index (χ3n) is 4.51. The fourth-order valence-electron chi connectivity index (χ4n) is 2.74. The monoisotopic (exact) mass is 419 g/mol. The molecule has 2 aliphatic rings. The number of phenols is 1. The molecule has 10 radical (unpaired) electrons. The molecule has 1 atom stereocenters. The summed E-state index contributed by atoms with van der Waals surface area (Å²) in [5.74, 6) is 1.21. The largest absolute Gasteiger partial charge is 2.00 e. The van der Waals surface area contributed by atoms with Gasteiger partial charge < -0.3 is 10.2 Å². The zero-order valence-corrected chi connectivity index (χ0v) is 18.0. The van der Waals surface area contributed by atoms with Gasteiger partial charge in [0.15, 0.2) is 0 Å². The van der Waals surface area contributed by atoms with Gasteiger partial charge in [-0.2, -0.15) is 0 Å². The van der Waals surface area contributed by atoms with Crippen LogP contribution in [0.1, 0.15) is 38.8 Å². The van der Waals surface area contributed by atoms with E-state index in [0.29, 0.717) is 5.56 Å². The predicted molar refractivity (Wildman–Crippen MR) is 112 cm³/mol. The predicted octanol–water partition coefficient (Wildman–Crippen LogP) is 4.28. The summed E-state index contributed by atoms with van der Waals surface area (Å²) in [5, 5.41) is 20.2. The number of phenolic OH excluding ortho intramolecular Hbond substituents is 1. The molecule has 1 aromatic carbocycles. The molecule has 0 spiro atoms. The molecule has 2 N–H and O–H groups in total. The minimum atomic E-state index is -0.701. The minimum absolute atomic E-state index is 0. The molecule has 0 aromatic heterocycles. The zero-order valence-electron chi connectivity index (χ0n) is 16.9. The van der Waals surface area contributed by atoms with Crippen LogP contribution in [-0.2, 0) is 22.5 Å². The third kappa shape index (κ3) is 6.90. The van der Waals surface area contributed by atoms with E-state index in [4.69, 9.17) is 0 Å². The average molecular weight is 419 g/mol. The molecule has 0 bridgehead atoms. The molecule has 2 fully saturated rings. The molecule has 1 aromatic rings. The fourth-order valence-corrected chi connectivity index (χ4v) is 2.74. The van der Waals surface area contributed by atoms with Crippen LogP contribution in [0.5, 0.6) is 5.75 Å². The normalized spacial score (nSPS) is 19.8. The van der Waals surface area contributed by atoms with E-state index in [1.807, 2.05) is 82.9 Å². The molecular formula is C24H29FeNO2+2. The maximum absolute atomic E-state index is 10.5. The Morgan fingerprint density at radius 3 is 1.89 bits per heavy atom. The second-order valence-electron chi connectivity index (χ2n) is 7.82. The van der Waals surface area contributed by atoms with Crippen LogP contribution < -0.4 is 0 Å². The summed E-state index contributed by atoms with van der Waals surface area (Å²) < 4.78 is 0. The smallest absolute Gasteiger partial charge is 0.507 e. The van der Waals surface area contributed by atoms with Crippen molar-refractivity contribution in [2.75, 3.05) is 6.61 Å². The summed E-state index contributed by atoms with van der Waals surface area (Å²) in [6.07, 6.45) is 19.4. The van der Waals surface area contributed by atoms with E-state index in [1.54, 1.807) is 6.21 Å². The van der Waals surface area contributed by atoms with Crippen molar-refractivity contribution >= 4 is 6.21 Å². The van der Waals surface area contributed by atoms with Crippen LogP contribution in [0.4, 0.5) is 0 Å². The Morgan fingerprint density at radius 1 is 0.893 bits per heavy atom. The van der Waals surface area contributed by atoms with Gasteiger partial charge in [-0.3, -0.25) is 4.99 Å². The fraction of sp³-hybridized carbons (Fsp3) is 0.292. The SMILES string of the molecule is CC(C)(C)c1cccc(C=N[C@@](C)(CO)[C]2[CH][CH][CH][CH]2)c1O.[CH]1[CH][CH][CH][CH]1.[Fe+2]. The van der Waals surface area contributed by atoms with Crippen molar-refractivity contribution < 1.29 is 27.3 Å². The van der Waals surface area contributed by atoms with Gasteiger partial charge in [0.2, 0.25) is 0 Å².